The second kappa shape index (κ2) is 8.93. The molecule has 0 aromatic carbocycles. The highest BCUT2D eigenvalue weighted by molar-refractivity contribution is 5.68. The van der Waals surface area contributed by atoms with Crippen molar-refractivity contribution in [3.8, 4) is 11.6 Å². The van der Waals surface area contributed by atoms with Crippen molar-refractivity contribution in [1.29, 1.82) is 0 Å². The van der Waals surface area contributed by atoms with Crippen molar-refractivity contribution in [2.24, 2.45) is 0 Å². The maximum absolute atomic E-state index is 12.0. The minimum atomic E-state index is -0.308. The normalized spacial score (nSPS) is 14.7. The number of piperidine rings is 1. The number of aromatic hydroxyl groups is 1. The average molecular weight is 401 g/mol. The van der Waals surface area contributed by atoms with E-state index in [2.05, 4.69) is 20.3 Å². The summed E-state index contributed by atoms with van der Waals surface area (Å²) in [5.41, 5.74) is 2.45. The number of amides is 1. The van der Waals surface area contributed by atoms with Crippen LogP contribution in [0.1, 0.15) is 38.1 Å². The van der Waals surface area contributed by atoms with Gasteiger partial charge in [-0.1, -0.05) is 0 Å². The monoisotopic (exact) mass is 401 g/mol. The van der Waals surface area contributed by atoms with Crippen LogP contribution in [0.2, 0.25) is 0 Å². The highest BCUT2D eigenvalue weighted by Gasteiger charge is 2.26. The van der Waals surface area contributed by atoms with Crippen molar-refractivity contribution >= 4 is 17.6 Å². The predicted molar refractivity (Wildman–Crippen MR) is 108 cm³/mol. The number of hydrogen-bond donors (Lipinski definition) is 2. The molecule has 0 spiro atoms. The summed E-state index contributed by atoms with van der Waals surface area (Å²) in [5, 5.41) is 13.6. The molecule has 3 heterocycles. The van der Waals surface area contributed by atoms with Gasteiger partial charge in [0.2, 0.25) is 5.75 Å². The van der Waals surface area contributed by atoms with Crippen LogP contribution < -0.4 is 10.1 Å². The smallest absolute Gasteiger partial charge is 0.410 e. The Bertz CT molecular complexity index is 866. The summed E-state index contributed by atoms with van der Waals surface area (Å²) < 4.78 is 11.1. The minimum absolute atomic E-state index is 0.114. The summed E-state index contributed by atoms with van der Waals surface area (Å²) in [7, 11) is 0. The Kier molecular flexibility index (Phi) is 6.36. The van der Waals surface area contributed by atoms with E-state index in [1.54, 1.807) is 4.90 Å². The summed E-state index contributed by atoms with van der Waals surface area (Å²) >= 11 is 0. The molecule has 1 saturated heterocycles. The molecule has 0 saturated carbocycles. The molecule has 1 aliphatic heterocycles. The van der Waals surface area contributed by atoms with Crippen LogP contribution in [0.5, 0.6) is 11.6 Å². The maximum Gasteiger partial charge on any atom is 0.410 e. The molecular formula is C20H27N5O4. The number of ether oxygens (including phenoxy) is 2. The second-order valence-electron chi connectivity index (χ2n) is 7.32. The molecule has 0 radical (unpaired) electrons. The van der Waals surface area contributed by atoms with Gasteiger partial charge in [-0.25, -0.2) is 9.78 Å². The number of aryl methyl sites for hydroxylation is 2. The topological polar surface area (TPSA) is 110 Å². The highest BCUT2D eigenvalue weighted by atomic mass is 16.6. The van der Waals surface area contributed by atoms with Crippen LogP contribution in [0, 0.1) is 13.8 Å². The van der Waals surface area contributed by atoms with Crippen LogP contribution in [0.25, 0.3) is 0 Å². The van der Waals surface area contributed by atoms with Crippen LogP contribution in [-0.2, 0) is 4.74 Å². The number of nitrogens with zero attached hydrogens (tertiary/aromatic N) is 4. The minimum Gasteiger partial charge on any atom is -0.501 e. The fourth-order valence-electron chi connectivity index (χ4n) is 3.08. The number of hydrogen-bond acceptors (Lipinski definition) is 8. The molecule has 0 bridgehead atoms. The van der Waals surface area contributed by atoms with Crippen LogP contribution >= 0.6 is 0 Å². The third-order valence-electron chi connectivity index (χ3n) is 4.58. The van der Waals surface area contributed by atoms with Gasteiger partial charge >= 0.3 is 6.09 Å². The predicted octanol–water partition coefficient (Wildman–Crippen LogP) is 3.33. The Morgan fingerprint density at radius 3 is 2.62 bits per heavy atom. The second-order valence-corrected chi connectivity index (χ2v) is 7.32. The lowest BCUT2D eigenvalue weighted by Crippen LogP contribution is -2.42. The standard InChI is InChI=1S/C20H27N5O4/c1-12(2)28-20(27)25-9-7-15(8-10-25)29-19-17(26)18(21-11-22-19)24-16-6-5-13(3)23-14(16)4/h5-6,11-12,15,26H,7-10H2,1-4H3,(H,21,22,24). The molecule has 9 heteroatoms. The van der Waals surface area contributed by atoms with Gasteiger partial charge in [-0.3, -0.25) is 4.98 Å². The molecule has 1 amide bonds. The Labute approximate surface area is 170 Å². The van der Waals surface area contributed by atoms with Gasteiger partial charge in [0.05, 0.1) is 17.5 Å². The Morgan fingerprint density at radius 1 is 1.24 bits per heavy atom. The van der Waals surface area contributed by atoms with Gasteiger partial charge in [0, 0.05) is 31.6 Å². The van der Waals surface area contributed by atoms with Crippen molar-refractivity contribution < 1.29 is 19.4 Å². The summed E-state index contributed by atoms with van der Waals surface area (Å²) in [5.74, 6) is 0.208. The first-order valence-electron chi connectivity index (χ1n) is 9.71. The Hall–Kier alpha value is -3.10. The Morgan fingerprint density at radius 2 is 1.97 bits per heavy atom. The van der Waals surface area contributed by atoms with Gasteiger partial charge in [0.15, 0.2) is 5.82 Å². The van der Waals surface area contributed by atoms with Crippen LogP contribution in [0.3, 0.4) is 0 Å². The molecule has 156 valence electrons. The van der Waals surface area contributed by atoms with Crippen molar-refractivity contribution in [3.05, 3.63) is 29.8 Å². The molecule has 9 nitrogen and oxygen atoms in total. The number of likely N-dealkylation sites (tertiary alicyclic amines) is 1. The molecule has 29 heavy (non-hydrogen) atoms. The first-order valence-corrected chi connectivity index (χ1v) is 9.71. The molecule has 3 rings (SSSR count). The molecule has 1 fully saturated rings. The fourth-order valence-corrected chi connectivity index (χ4v) is 3.08. The molecule has 1 aliphatic rings. The molecule has 2 aromatic rings. The number of carbonyl (C=O) groups is 1. The zero-order chi connectivity index (χ0) is 21.0. The van der Waals surface area contributed by atoms with E-state index >= 15 is 0 Å². The number of carbonyl (C=O) groups excluding carboxylic acids is 1. The summed E-state index contributed by atoms with van der Waals surface area (Å²) in [4.78, 5) is 26.2. The van der Waals surface area contributed by atoms with Gasteiger partial charge in [-0.15, -0.1) is 0 Å². The van der Waals surface area contributed by atoms with E-state index in [0.29, 0.717) is 25.9 Å². The first-order chi connectivity index (χ1) is 13.8. The van der Waals surface area contributed by atoms with Gasteiger partial charge in [-0.2, -0.15) is 4.98 Å². The molecular weight excluding hydrogens is 374 g/mol. The number of nitrogens with one attached hydrogen (secondary N) is 1. The average Bonchev–Trinajstić information content (AvgIpc) is 2.67. The first kappa shape index (κ1) is 20.6. The van der Waals surface area contributed by atoms with Gasteiger partial charge in [0.1, 0.15) is 12.4 Å². The van der Waals surface area contributed by atoms with Crippen LogP contribution in [0.15, 0.2) is 18.5 Å². The highest BCUT2D eigenvalue weighted by Crippen LogP contribution is 2.33. The van der Waals surface area contributed by atoms with E-state index in [-0.39, 0.29) is 35.7 Å². The maximum atomic E-state index is 12.0. The lowest BCUT2D eigenvalue weighted by atomic mass is 10.1. The zero-order valence-corrected chi connectivity index (χ0v) is 17.2. The molecule has 0 aliphatic carbocycles. The van der Waals surface area contributed by atoms with E-state index in [1.807, 2.05) is 39.8 Å². The van der Waals surface area contributed by atoms with Crippen molar-refractivity contribution in [2.75, 3.05) is 18.4 Å². The number of aromatic nitrogens is 3. The van der Waals surface area contributed by atoms with E-state index in [4.69, 9.17) is 9.47 Å². The van der Waals surface area contributed by atoms with E-state index < -0.39 is 0 Å². The van der Waals surface area contributed by atoms with Gasteiger partial charge < -0.3 is 24.8 Å². The number of pyridine rings is 1. The van der Waals surface area contributed by atoms with E-state index in [9.17, 15) is 9.90 Å². The lowest BCUT2D eigenvalue weighted by molar-refractivity contribution is 0.0500. The summed E-state index contributed by atoms with van der Waals surface area (Å²) in [6.45, 7) is 8.50. The number of rotatable bonds is 5. The molecule has 2 aromatic heterocycles. The quantitative estimate of drug-likeness (QED) is 0.785. The van der Waals surface area contributed by atoms with Crippen LogP contribution in [0.4, 0.5) is 16.3 Å². The third kappa shape index (κ3) is 5.24. The third-order valence-corrected chi connectivity index (χ3v) is 4.58. The largest absolute Gasteiger partial charge is 0.501 e. The van der Waals surface area contributed by atoms with E-state index in [0.717, 1.165) is 17.1 Å². The number of anilines is 2. The summed E-state index contributed by atoms with van der Waals surface area (Å²) in [6.07, 6.45) is 1.98. The van der Waals surface area contributed by atoms with Gasteiger partial charge in [0.25, 0.3) is 5.88 Å². The van der Waals surface area contributed by atoms with Crippen LogP contribution in [-0.4, -0.2) is 56.3 Å². The summed E-state index contributed by atoms with van der Waals surface area (Å²) in [6, 6.07) is 3.76. The Balaban J connectivity index is 1.62. The fraction of sp³-hybridized carbons (Fsp3) is 0.500. The zero-order valence-electron chi connectivity index (χ0n) is 17.2. The SMILES string of the molecule is Cc1ccc(Nc2ncnc(OC3CCN(C(=O)OC(C)C)CC3)c2O)c(C)n1. The lowest BCUT2D eigenvalue weighted by Gasteiger charge is -2.31. The molecule has 0 atom stereocenters. The van der Waals surface area contributed by atoms with Crippen molar-refractivity contribution in [1.82, 2.24) is 19.9 Å². The van der Waals surface area contributed by atoms with Gasteiger partial charge in [-0.05, 0) is 39.8 Å². The van der Waals surface area contributed by atoms with E-state index in [1.165, 1.54) is 6.33 Å². The molecule has 2 N–H and O–H groups in total. The van der Waals surface area contributed by atoms with Crippen molar-refractivity contribution in [2.45, 2.75) is 52.7 Å². The molecule has 0 unspecified atom stereocenters. The van der Waals surface area contributed by atoms with Crippen molar-refractivity contribution in [3.63, 3.8) is 0 Å².